The zero-order valence-electron chi connectivity index (χ0n) is 9.07. The van der Waals surface area contributed by atoms with E-state index < -0.39 is 0 Å². The van der Waals surface area contributed by atoms with E-state index in [-0.39, 0.29) is 12.2 Å². The van der Waals surface area contributed by atoms with Crippen LogP contribution in [0.2, 0.25) is 0 Å². The monoisotopic (exact) mass is 200 g/mol. The Hall–Kier alpha value is -1.08. The van der Waals surface area contributed by atoms with Crippen LogP contribution in [0.1, 0.15) is 48.7 Å². The van der Waals surface area contributed by atoms with Crippen molar-refractivity contribution in [3.05, 3.63) is 47.0 Å². The molecule has 2 bridgehead atoms. The minimum Gasteiger partial charge on any atom is -0.357 e. The smallest absolute Gasteiger partial charge is 0.102 e. The lowest BCUT2D eigenvalue weighted by atomic mass is 9.93. The first-order valence-corrected chi connectivity index (χ1v) is 5.85. The van der Waals surface area contributed by atoms with Crippen molar-refractivity contribution in [3.8, 4) is 0 Å². The number of rotatable bonds is 3. The highest BCUT2D eigenvalue weighted by molar-refractivity contribution is 5.45. The first kappa shape index (κ1) is 9.17. The van der Waals surface area contributed by atoms with E-state index in [9.17, 15) is 0 Å². The van der Waals surface area contributed by atoms with Crippen molar-refractivity contribution >= 4 is 0 Å². The summed E-state index contributed by atoms with van der Waals surface area (Å²) in [5, 5.41) is 0. The van der Waals surface area contributed by atoms with E-state index in [1.165, 1.54) is 36.0 Å². The van der Waals surface area contributed by atoms with E-state index >= 15 is 0 Å². The van der Waals surface area contributed by atoms with Crippen molar-refractivity contribution in [2.45, 2.75) is 38.4 Å². The summed E-state index contributed by atoms with van der Waals surface area (Å²) < 4.78 is 5.79. The van der Waals surface area contributed by atoms with Gasteiger partial charge in [0, 0.05) is 0 Å². The summed E-state index contributed by atoms with van der Waals surface area (Å²) in [5.74, 6) is 0. The van der Waals surface area contributed by atoms with Gasteiger partial charge in [-0.05, 0) is 29.5 Å². The maximum Gasteiger partial charge on any atom is 0.102 e. The Morgan fingerprint density at radius 1 is 1.13 bits per heavy atom. The molecule has 15 heavy (non-hydrogen) atoms. The van der Waals surface area contributed by atoms with Gasteiger partial charge in [-0.25, -0.2) is 0 Å². The SMILES string of the molecule is CCCCc1ccc2c(c1)C1C=CC2O1. The first-order chi connectivity index (χ1) is 7.38. The Kier molecular flexibility index (Phi) is 2.14. The number of fused-ring (bicyclic) bond motifs is 5. The van der Waals surface area contributed by atoms with Crippen molar-refractivity contribution in [2.75, 3.05) is 0 Å². The molecule has 0 amide bonds. The first-order valence-electron chi connectivity index (χ1n) is 5.85. The predicted octanol–water partition coefficient (Wildman–Crippen LogP) is 3.71. The van der Waals surface area contributed by atoms with Gasteiger partial charge in [-0.1, -0.05) is 43.7 Å². The molecule has 0 saturated heterocycles. The van der Waals surface area contributed by atoms with Crippen molar-refractivity contribution in [3.63, 3.8) is 0 Å². The minimum atomic E-state index is 0.241. The van der Waals surface area contributed by atoms with E-state index in [4.69, 9.17) is 4.74 Å². The minimum absolute atomic E-state index is 0.241. The van der Waals surface area contributed by atoms with E-state index in [1.54, 1.807) is 0 Å². The molecule has 2 atom stereocenters. The fourth-order valence-corrected chi connectivity index (χ4v) is 2.47. The summed E-state index contributed by atoms with van der Waals surface area (Å²) in [7, 11) is 0. The summed E-state index contributed by atoms with van der Waals surface area (Å²) in [6.07, 6.45) is 8.57. The molecule has 3 rings (SSSR count). The van der Waals surface area contributed by atoms with Gasteiger partial charge < -0.3 is 4.74 Å². The largest absolute Gasteiger partial charge is 0.357 e. The summed E-state index contributed by atoms with van der Waals surface area (Å²) in [6.45, 7) is 2.24. The molecular formula is C14H16O. The second-order valence-corrected chi connectivity index (χ2v) is 4.43. The number of hydrogen-bond donors (Lipinski definition) is 0. The van der Waals surface area contributed by atoms with Crippen LogP contribution in [-0.2, 0) is 11.2 Å². The molecule has 2 heterocycles. The van der Waals surface area contributed by atoms with E-state index in [2.05, 4.69) is 37.3 Å². The van der Waals surface area contributed by atoms with Gasteiger partial charge in [0.05, 0.1) is 0 Å². The number of hydrogen-bond acceptors (Lipinski definition) is 1. The second-order valence-electron chi connectivity index (χ2n) is 4.43. The van der Waals surface area contributed by atoms with E-state index in [0.717, 1.165) is 0 Å². The molecule has 2 unspecified atom stereocenters. The molecule has 2 aliphatic heterocycles. The van der Waals surface area contributed by atoms with E-state index in [1.807, 2.05) is 0 Å². The lowest BCUT2D eigenvalue weighted by molar-refractivity contribution is 0.0878. The van der Waals surface area contributed by atoms with Crippen LogP contribution in [0.5, 0.6) is 0 Å². The van der Waals surface area contributed by atoms with Crippen LogP contribution in [0.15, 0.2) is 30.4 Å². The third-order valence-electron chi connectivity index (χ3n) is 3.34. The highest BCUT2D eigenvalue weighted by atomic mass is 16.5. The molecule has 0 fully saturated rings. The van der Waals surface area contributed by atoms with Gasteiger partial charge in [0.2, 0.25) is 0 Å². The lowest BCUT2D eigenvalue weighted by Gasteiger charge is -2.09. The second kappa shape index (κ2) is 3.49. The molecule has 2 aliphatic rings. The molecule has 1 heteroatoms. The van der Waals surface area contributed by atoms with Gasteiger partial charge in [0.25, 0.3) is 0 Å². The standard InChI is InChI=1S/C14H16O/c1-2-3-4-10-5-6-11-12(9-10)14-8-7-13(11)15-14/h5-9,13-14H,2-4H2,1H3. The predicted molar refractivity (Wildman–Crippen MR) is 60.8 cm³/mol. The molecule has 0 aliphatic carbocycles. The average molecular weight is 200 g/mol. The third-order valence-corrected chi connectivity index (χ3v) is 3.34. The normalized spacial score (nSPS) is 25.9. The van der Waals surface area contributed by atoms with Crippen molar-refractivity contribution < 1.29 is 4.74 Å². The molecule has 0 spiro atoms. The number of aryl methyl sites for hydroxylation is 1. The van der Waals surface area contributed by atoms with Crippen molar-refractivity contribution in [2.24, 2.45) is 0 Å². The van der Waals surface area contributed by atoms with Crippen LogP contribution in [0.3, 0.4) is 0 Å². The van der Waals surface area contributed by atoms with Crippen molar-refractivity contribution in [1.82, 2.24) is 0 Å². The van der Waals surface area contributed by atoms with Crippen LogP contribution in [0.4, 0.5) is 0 Å². The molecule has 0 saturated carbocycles. The summed E-state index contributed by atoms with van der Waals surface area (Å²) in [6, 6.07) is 6.83. The van der Waals surface area contributed by atoms with Gasteiger partial charge in [-0.2, -0.15) is 0 Å². The number of benzene rings is 1. The van der Waals surface area contributed by atoms with Crippen LogP contribution in [0.25, 0.3) is 0 Å². The number of unbranched alkanes of at least 4 members (excludes halogenated alkanes) is 1. The van der Waals surface area contributed by atoms with Crippen LogP contribution < -0.4 is 0 Å². The van der Waals surface area contributed by atoms with E-state index in [0.29, 0.717) is 0 Å². The Labute approximate surface area is 90.8 Å². The highest BCUT2D eigenvalue weighted by Gasteiger charge is 2.33. The zero-order chi connectivity index (χ0) is 10.3. The summed E-state index contributed by atoms with van der Waals surface area (Å²) >= 11 is 0. The maximum absolute atomic E-state index is 5.79. The molecule has 1 aromatic carbocycles. The fourth-order valence-electron chi connectivity index (χ4n) is 2.47. The van der Waals surface area contributed by atoms with Gasteiger partial charge in [-0.3, -0.25) is 0 Å². The summed E-state index contributed by atoms with van der Waals surface area (Å²) in [5.41, 5.74) is 4.24. The number of ether oxygens (including phenoxy) is 1. The van der Waals surface area contributed by atoms with Crippen LogP contribution >= 0.6 is 0 Å². The Morgan fingerprint density at radius 3 is 2.73 bits per heavy atom. The van der Waals surface area contributed by atoms with Gasteiger partial charge in [-0.15, -0.1) is 0 Å². The Morgan fingerprint density at radius 2 is 1.93 bits per heavy atom. The van der Waals surface area contributed by atoms with Gasteiger partial charge in [0.1, 0.15) is 12.2 Å². The van der Waals surface area contributed by atoms with Crippen LogP contribution in [0, 0.1) is 0 Å². The van der Waals surface area contributed by atoms with Gasteiger partial charge in [0.15, 0.2) is 0 Å². The lowest BCUT2D eigenvalue weighted by Crippen LogP contribution is -1.95. The van der Waals surface area contributed by atoms with Crippen LogP contribution in [-0.4, -0.2) is 0 Å². The van der Waals surface area contributed by atoms with Gasteiger partial charge >= 0.3 is 0 Å². The quantitative estimate of drug-likeness (QED) is 0.676. The molecule has 78 valence electrons. The van der Waals surface area contributed by atoms with Crippen molar-refractivity contribution in [1.29, 1.82) is 0 Å². The molecular weight excluding hydrogens is 184 g/mol. The molecule has 1 nitrogen and oxygen atoms in total. The molecule has 0 N–H and O–H groups in total. The molecule has 0 radical (unpaired) electrons. The fraction of sp³-hybridized carbons (Fsp3) is 0.429. The third kappa shape index (κ3) is 1.42. The summed E-state index contributed by atoms with van der Waals surface area (Å²) in [4.78, 5) is 0. The highest BCUT2D eigenvalue weighted by Crippen LogP contribution is 2.45. The maximum atomic E-state index is 5.79. The molecule has 0 aromatic heterocycles. The average Bonchev–Trinajstić information content (AvgIpc) is 2.87. The molecule has 1 aromatic rings. The Balaban J connectivity index is 1.89. The Bertz CT molecular complexity index is 406. The zero-order valence-corrected chi connectivity index (χ0v) is 9.07. The topological polar surface area (TPSA) is 9.23 Å².